The highest BCUT2D eigenvalue weighted by atomic mass is 32.2. The number of aromatic nitrogens is 2. The van der Waals surface area contributed by atoms with Gasteiger partial charge in [-0.25, -0.2) is 9.97 Å². The third-order valence-electron chi connectivity index (χ3n) is 5.29. The Kier molecular flexibility index (Phi) is 8.00. The minimum Gasteiger partial charge on any atom is -0.455 e. The standard InChI is InChI=1S/C23H34N4O3S/c1-6-27(7-2)20-13-19(23(3,4)5)25-22(26-20)31-15-17-10-11-18(30-17)21(28)24-14-16-9-8-12-29-16/h10-11,13,16H,6-9,12,14-15H2,1-5H3,(H,24,28)/t16-/m1/s1. The second-order valence-electron chi connectivity index (χ2n) is 8.72. The van der Waals surface area contributed by atoms with Gasteiger partial charge in [-0.3, -0.25) is 4.79 Å². The second-order valence-corrected chi connectivity index (χ2v) is 9.66. The van der Waals surface area contributed by atoms with Crippen LogP contribution in [0.5, 0.6) is 0 Å². The highest BCUT2D eigenvalue weighted by Crippen LogP contribution is 2.28. The maximum Gasteiger partial charge on any atom is 0.287 e. The molecule has 3 rings (SSSR count). The monoisotopic (exact) mass is 446 g/mol. The van der Waals surface area contributed by atoms with E-state index in [0.717, 1.165) is 55.0 Å². The number of nitrogens with one attached hydrogen (secondary N) is 1. The van der Waals surface area contributed by atoms with E-state index in [-0.39, 0.29) is 17.4 Å². The zero-order valence-electron chi connectivity index (χ0n) is 19.2. The highest BCUT2D eigenvalue weighted by Gasteiger charge is 2.21. The molecule has 1 atom stereocenters. The molecular formula is C23H34N4O3S. The molecule has 31 heavy (non-hydrogen) atoms. The second kappa shape index (κ2) is 10.5. The van der Waals surface area contributed by atoms with Gasteiger partial charge in [0.2, 0.25) is 0 Å². The normalized spacial score (nSPS) is 16.5. The molecule has 1 fully saturated rings. The van der Waals surface area contributed by atoms with Crippen LogP contribution in [0.4, 0.5) is 5.82 Å². The lowest BCUT2D eigenvalue weighted by Gasteiger charge is -2.24. The Morgan fingerprint density at radius 3 is 2.68 bits per heavy atom. The average molecular weight is 447 g/mol. The van der Waals surface area contributed by atoms with Gasteiger partial charge in [0.25, 0.3) is 5.91 Å². The Hall–Kier alpha value is -2.06. The van der Waals surface area contributed by atoms with Crippen LogP contribution in [0.2, 0.25) is 0 Å². The van der Waals surface area contributed by atoms with Crippen LogP contribution in [0.15, 0.2) is 27.8 Å². The van der Waals surface area contributed by atoms with E-state index in [1.54, 1.807) is 6.07 Å². The smallest absolute Gasteiger partial charge is 0.287 e. The molecule has 0 saturated carbocycles. The van der Waals surface area contributed by atoms with Crippen molar-refractivity contribution in [2.24, 2.45) is 0 Å². The number of carbonyl (C=O) groups is 1. The Bertz CT molecular complexity index is 868. The minimum atomic E-state index is -0.207. The number of rotatable bonds is 9. The summed E-state index contributed by atoms with van der Waals surface area (Å²) in [4.78, 5) is 24.1. The molecule has 3 heterocycles. The van der Waals surface area contributed by atoms with Gasteiger partial charge in [-0.05, 0) is 38.8 Å². The summed E-state index contributed by atoms with van der Waals surface area (Å²) >= 11 is 1.52. The molecule has 0 radical (unpaired) electrons. The van der Waals surface area contributed by atoms with E-state index in [1.807, 2.05) is 6.07 Å². The van der Waals surface area contributed by atoms with Gasteiger partial charge in [0.1, 0.15) is 11.6 Å². The summed E-state index contributed by atoms with van der Waals surface area (Å²) < 4.78 is 11.3. The Morgan fingerprint density at radius 1 is 1.26 bits per heavy atom. The molecule has 0 aromatic carbocycles. The first-order chi connectivity index (χ1) is 14.8. The molecule has 1 aliphatic heterocycles. The fraction of sp³-hybridized carbons (Fsp3) is 0.609. The minimum absolute atomic E-state index is 0.0703. The van der Waals surface area contributed by atoms with E-state index in [4.69, 9.17) is 19.1 Å². The summed E-state index contributed by atoms with van der Waals surface area (Å²) in [5.41, 5.74) is 0.944. The summed E-state index contributed by atoms with van der Waals surface area (Å²) in [7, 11) is 0. The molecule has 0 aliphatic carbocycles. The number of anilines is 1. The van der Waals surface area contributed by atoms with Crippen molar-refractivity contribution in [1.82, 2.24) is 15.3 Å². The lowest BCUT2D eigenvalue weighted by molar-refractivity contribution is 0.0834. The predicted octanol–water partition coefficient (Wildman–Crippen LogP) is 4.41. The van der Waals surface area contributed by atoms with Crippen LogP contribution in [0.3, 0.4) is 0 Å². The number of hydrogen-bond donors (Lipinski definition) is 1. The maximum atomic E-state index is 12.3. The number of hydrogen-bond acceptors (Lipinski definition) is 7. The van der Waals surface area contributed by atoms with Crippen LogP contribution in [0.1, 0.15) is 69.5 Å². The number of carbonyl (C=O) groups excluding carboxylic acids is 1. The SMILES string of the molecule is CCN(CC)c1cc(C(C)(C)C)nc(SCc2ccc(C(=O)NC[C@H]3CCCO3)o2)n1. The van der Waals surface area contributed by atoms with E-state index in [2.05, 4.69) is 50.9 Å². The number of ether oxygens (including phenoxy) is 1. The fourth-order valence-corrected chi connectivity index (χ4v) is 4.13. The predicted molar refractivity (Wildman–Crippen MR) is 124 cm³/mol. The van der Waals surface area contributed by atoms with Crippen LogP contribution >= 0.6 is 11.8 Å². The van der Waals surface area contributed by atoms with Crippen molar-refractivity contribution in [1.29, 1.82) is 0 Å². The third kappa shape index (κ3) is 6.46. The first-order valence-electron chi connectivity index (χ1n) is 11.1. The van der Waals surface area contributed by atoms with E-state index in [1.165, 1.54) is 11.8 Å². The summed E-state index contributed by atoms with van der Waals surface area (Å²) in [5, 5.41) is 3.61. The number of nitrogens with zero attached hydrogens (tertiary/aromatic N) is 3. The van der Waals surface area contributed by atoms with Crippen molar-refractivity contribution in [3.05, 3.63) is 35.4 Å². The maximum absolute atomic E-state index is 12.3. The van der Waals surface area contributed by atoms with Crippen LogP contribution in [0, 0.1) is 0 Å². The molecule has 1 N–H and O–H groups in total. The molecule has 0 spiro atoms. The van der Waals surface area contributed by atoms with Gasteiger partial charge >= 0.3 is 0 Å². The lowest BCUT2D eigenvalue weighted by atomic mass is 9.92. The molecular weight excluding hydrogens is 412 g/mol. The molecule has 8 heteroatoms. The van der Waals surface area contributed by atoms with Gasteiger partial charge in [0, 0.05) is 37.7 Å². The molecule has 2 aromatic heterocycles. The Labute approximate surface area is 189 Å². The van der Waals surface area contributed by atoms with Gasteiger partial charge in [0.15, 0.2) is 10.9 Å². The molecule has 1 aliphatic rings. The largest absolute Gasteiger partial charge is 0.455 e. The van der Waals surface area contributed by atoms with Gasteiger partial charge in [0.05, 0.1) is 17.6 Å². The molecule has 7 nitrogen and oxygen atoms in total. The van der Waals surface area contributed by atoms with Crippen molar-refractivity contribution in [2.45, 2.75) is 69.9 Å². The van der Waals surface area contributed by atoms with Crippen LogP contribution in [-0.2, 0) is 15.9 Å². The van der Waals surface area contributed by atoms with Crippen molar-refractivity contribution in [3.8, 4) is 0 Å². The zero-order chi connectivity index (χ0) is 22.4. The Balaban J connectivity index is 1.65. The average Bonchev–Trinajstić information content (AvgIpc) is 3.43. The summed E-state index contributed by atoms with van der Waals surface area (Å²) in [6, 6.07) is 5.64. The summed E-state index contributed by atoms with van der Waals surface area (Å²) in [6.45, 7) is 13.8. The van der Waals surface area contributed by atoms with Gasteiger partial charge < -0.3 is 19.4 Å². The number of amides is 1. The summed E-state index contributed by atoms with van der Waals surface area (Å²) in [5.74, 6) is 2.34. The Morgan fingerprint density at radius 2 is 2.03 bits per heavy atom. The van der Waals surface area contributed by atoms with Crippen LogP contribution in [-0.4, -0.2) is 48.2 Å². The van der Waals surface area contributed by atoms with Gasteiger partial charge in [-0.2, -0.15) is 0 Å². The molecule has 2 aromatic rings. The van der Waals surface area contributed by atoms with Crippen molar-refractivity contribution >= 4 is 23.5 Å². The van der Waals surface area contributed by atoms with E-state index in [9.17, 15) is 4.79 Å². The van der Waals surface area contributed by atoms with Crippen LogP contribution in [0.25, 0.3) is 0 Å². The molecule has 0 unspecified atom stereocenters. The zero-order valence-corrected chi connectivity index (χ0v) is 20.1. The first-order valence-corrected chi connectivity index (χ1v) is 12.0. The fourth-order valence-electron chi connectivity index (χ4n) is 3.38. The summed E-state index contributed by atoms with van der Waals surface area (Å²) in [6.07, 6.45) is 2.15. The third-order valence-corrected chi connectivity index (χ3v) is 6.16. The molecule has 0 bridgehead atoms. The number of furan rings is 1. The van der Waals surface area contributed by atoms with Crippen molar-refractivity contribution < 1.29 is 13.9 Å². The quantitative estimate of drug-likeness (QED) is 0.451. The molecule has 1 saturated heterocycles. The van der Waals surface area contributed by atoms with E-state index in [0.29, 0.717) is 18.1 Å². The van der Waals surface area contributed by atoms with Crippen molar-refractivity contribution in [2.75, 3.05) is 31.1 Å². The topological polar surface area (TPSA) is 80.5 Å². The molecule has 170 valence electrons. The molecule has 1 amide bonds. The highest BCUT2D eigenvalue weighted by molar-refractivity contribution is 7.98. The lowest BCUT2D eigenvalue weighted by Crippen LogP contribution is -2.31. The van der Waals surface area contributed by atoms with Crippen molar-refractivity contribution in [3.63, 3.8) is 0 Å². The van der Waals surface area contributed by atoms with E-state index < -0.39 is 0 Å². The first kappa shape index (κ1) is 23.6. The number of thioether (sulfide) groups is 1. The van der Waals surface area contributed by atoms with Gasteiger partial charge in [-0.15, -0.1) is 0 Å². The van der Waals surface area contributed by atoms with E-state index >= 15 is 0 Å². The van der Waals surface area contributed by atoms with Crippen LogP contribution < -0.4 is 10.2 Å². The van der Waals surface area contributed by atoms with Gasteiger partial charge in [-0.1, -0.05) is 32.5 Å².